The summed E-state index contributed by atoms with van der Waals surface area (Å²) in [5, 5.41) is 0. The molecule has 3 rings (SSSR count). The van der Waals surface area contributed by atoms with Gasteiger partial charge in [0.15, 0.2) is 0 Å². The molecule has 7 heteroatoms. The monoisotopic (exact) mass is 303 g/mol. The first kappa shape index (κ1) is 13.6. The summed E-state index contributed by atoms with van der Waals surface area (Å²) in [7, 11) is -2.04. The van der Waals surface area contributed by atoms with E-state index in [1.54, 1.807) is 31.3 Å². The van der Waals surface area contributed by atoms with E-state index < -0.39 is 10.0 Å². The Hall–Kier alpha value is -2.41. The van der Waals surface area contributed by atoms with Gasteiger partial charge in [0.05, 0.1) is 11.3 Å². The van der Waals surface area contributed by atoms with E-state index in [9.17, 15) is 13.2 Å². The van der Waals surface area contributed by atoms with Crippen molar-refractivity contribution >= 4 is 27.4 Å². The van der Waals surface area contributed by atoms with Gasteiger partial charge in [-0.05, 0) is 35.9 Å². The van der Waals surface area contributed by atoms with Gasteiger partial charge in [-0.1, -0.05) is 6.07 Å². The highest BCUT2D eigenvalue weighted by Crippen LogP contribution is 2.30. The van der Waals surface area contributed by atoms with Crippen LogP contribution in [0.25, 0.3) is 0 Å². The Morgan fingerprint density at radius 1 is 1.24 bits per heavy atom. The maximum Gasteiger partial charge on any atom is 0.263 e. The zero-order valence-corrected chi connectivity index (χ0v) is 12.1. The van der Waals surface area contributed by atoms with Crippen molar-refractivity contribution in [1.82, 2.24) is 4.98 Å². The van der Waals surface area contributed by atoms with Crippen molar-refractivity contribution in [2.75, 3.05) is 16.7 Å². The van der Waals surface area contributed by atoms with E-state index in [2.05, 4.69) is 9.71 Å². The molecule has 2 heterocycles. The fourth-order valence-electron chi connectivity index (χ4n) is 2.23. The van der Waals surface area contributed by atoms with Crippen LogP contribution in [0.1, 0.15) is 5.56 Å². The lowest BCUT2D eigenvalue weighted by atomic mass is 10.2. The fourth-order valence-corrected chi connectivity index (χ4v) is 3.29. The zero-order chi connectivity index (χ0) is 15.0. The first-order chi connectivity index (χ1) is 9.97. The van der Waals surface area contributed by atoms with Crippen LogP contribution in [0.4, 0.5) is 11.5 Å². The smallest absolute Gasteiger partial charge is 0.263 e. The summed E-state index contributed by atoms with van der Waals surface area (Å²) < 4.78 is 27.0. The number of hydrogen-bond acceptors (Lipinski definition) is 4. The van der Waals surface area contributed by atoms with Crippen LogP contribution < -0.4 is 9.62 Å². The van der Waals surface area contributed by atoms with E-state index in [0.29, 0.717) is 5.56 Å². The standard InChI is InChI=1S/C14H13N3O3S/c1-17-12-6-5-11(8-10(12)9-14(17)18)21(19,20)16-13-4-2-3-7-15-13/h2-8H,9H2,1H3,(H,15,16). The van der Waals surface area contributed by atoms with E-state index >= 15 is 0 Å². The van der Waals surface area contributed by atoms with Gasteiger partial charge in [-0.25, -0.2) is 13.4 Å². The average Bonchev–Trinajstić information content (AvgIpc) is 2.74. The fraction of sp³-hybridized carbons (Fsp3) is 0.143. The number of nitrogens with one attached hydrogen (secondary N) is 1. The number of nitrogens with zero attached hydrogens (tertiary/aromatic N) is 2. The second kappa shape index (κ2) is 4.85. The molecule has 1 amide bonds. The number of carbonyl (C=O) groups excluding carboxylic acids is 1. The van der Waals surface area contributed by atoms with Crippen molar-refractivity contribution in [2.45, 2.75) is 11.3 Å². The highest BCUT2D eigenvalue weighted by molar-refractivity contribution is 7.92. The van der Waals surface area contributed by atoms with Gasteiger partial charge >= 0.3 is 0 Å². The molecule has 1 aromatic carbocycles. The van der Waals surface area contributed by atoms with Crippen molar-refractivity contribution in [3.8, 4) is 0 Å². The van der Waals surface area contributed by atoms with Crippen molar-refractivity contribution < 1.29 is 13.2 Å². The maximum atomic E-state index is 12.3. The quantitative estimate of drug-likeness (QED) is 0.929. The third kappa shape index (κ3) is 2.47. The highest BCUT2D eigenvalue weighted by atomic mass is 32.2. The molecule has 1 aromatic heterocycles. The topological polar surface area (TPSA) is 79.4 Å². The number of anilines is 2. The van der Waals surface area contributed by atoms with Crippen LogP contribution in [0.3, 0.4) is 0 Å². The normalized spacial score (nSPS) is 14.1. The largest absolute Gasteiger partial charge is 0.315 e. The molecule has 0 fully saturated rings. The Balaban J connectivity index is 1.94. The average molecular weight is 303 g/mol. The first-order valence-electron chi connectivity index (χ1n) is 6.31. The Labute approximate surface area is 122 Å². The molecule has 1 aliphatic heterocycles. The molecule has 0 saturated carbocycles. The molecule has 0 radical (unpaired) electrons. The van der Waals surface area contributed by atoms with Gasteiger partial charge < -0.3 is 4.90 Å². The first-order valence-corrected chi connectivity index (χ1v) is 7.79. The second-order valence-electron chi connectivity index (χ2n) is 4.74. The van der Waals surface area contributed by atoms with Crippen LogP contribution in [0, 0.1) is 0 Å². The lowest BCUT2D eigenvalue weighted by Crippen LogP contribution is -2.20. The van der Waals surface area contributed by atoms with Gasteiger partial charge in [0.25, 0.3) is 10.0 Å². The maximum absolute atomic E-state index is 12.3. The molecule has 0 bridgehead atoms. The Bertz CT molecular complexity index is 803. The molecule has 21 heavy (non-hydrogen) atoms. The van der Waals surface area contributed by atoms with Gasteiger partial charge in [-0.15, -0.1) is 0 Å². The van der Waals surface area contributed by atoms with Gasteiger partial charge in [0.1, 0.15) is 5.82 Å². The Morgan fingerprint density at radius 2 is 2.05 bits per heavy atom. The number of fused-ring (bicyclic) bond motifs is 1. The van der Waals surface area contributed by atoms with Crippen molar-refractivity contribution in [2.24, 2.45) is 0 Å². The summed E-state index contributed by atoms with van der Waals surface area (Å²) >= 11 is 0. The number of aromatic nitrogens is 1. The molecule has 6 nitrogen and oxygen atoms in total. The van der Waals surface area contributed by atoms with Gasteiger partial charge in [-0.3, -0.25) is 9.52 Å². The zero-order valence-electron chi connectivity index (χ0n) is 11.3. The molecule has 0 unspecified atom stereocenters. The number of hydrogen-bond donors (Lipinski definition) is 1. The van der Waals surface area contributed by atoms with Crippen LogP contribution >= 0.6 is 0 Å². The van der Waals surface area contributed by atoms with Crippen molar-refractivity contribution in [3.05, 3.63) is 48.2 Å². The SMILES string of the molecule is CN1C(=O)Cc2cc(S(=O)(=O)Nc3ccccn3)ccc21. The molecular weight excluding hydrogens is 290 g/mol. The summed E-state index contributed by atoms with van der Waals surface area (Å²) in [5.41, 5.74) is 1.46. The van der Waals surface area contributed by atoms with Crippen molar-refractivity contribution in [3.63, 3.8) is 0 Å². The number of sulfonamides is 1. The Kier molecular flexibility index (Phi) is 3.13. The third-order valence-electron chi connectivity index (χ3n) is 3.34. The molecule has 1 aliphatic rings. The number of amides is 1. The minimum atomic E-state index is -3.71. The minimum Gasteiger partial charge on any atom is -0.315 e. The van der Waals surface area contributed by atoms with Gasteiger partial charge in [-0.2, -0.15) is 0 Å². The summed E-state index contributed by atoms with van der Waals surface area (Å²) in [6.45, 7) is 0. The molecule has 2 aromatic rings. The van der Waals surface area contributed by atoms with E-state index in [4.69, 9.17) is 0 Å². The van der Waals surface area contributed by atoms with E-state index in [0.717, 1.165) is 5.69 Å². The molecule has 0 aliphatic carbocycles. The van der Waals surface area contributed by atoms with E-state index in [1.165, 1.54) is 23.2 Å². The van der Waals surface area contributed by atoms with Crippen LogP contribution in [0.5, 0.6) is 0 Å². The summed E-state index contributed by atoms with van der Waals surface area (Å²) in [5.74, 6) is 0.212. The van der Waals surface area contributed by atoms with Gasteiger partial charge in [0.2, 0.25) is 5.91 Å². The molecule has 108 valence electrons. The van der Waals surface area contributed by atoms with E-state index in [-0.39, 0.29) is 23.0 Å². The van der Waals surface area contributed by atoms with Crippen LogP contribution in [-0.2, 0) is 21.2 Å². The summed E-state index contributed by atoms with van der Waals surface area (Å²) in [6, 6.07) is 9.63. The molecule has 0 spiro atoms. The highest BCUT2D eigenvalue weighted by Gasteiger charge is 2.26. The number of likely N-dealkylation sites (N-methyl/N-ethyl adjacent to an activating group) is 1. The van der Waals surface area contributed by atoms with E-state index in [1.807, 2.05) is 0 Å². The molecular formula is C14H13N3O3S. The number of pyridine rings is 1. The second-order valence-corrected chi connectivity index (χ2v) is 6.42. The minimum absolute atomic E-state index is 0.0442. The number of benzene rings is 1. The van der Waals surface area contributed by atoms with Crippen LogP contribution in [-0.4, -0.2) is 26.4 Å². The predicted octanol–water partition coefficient (Wildman–Crippen LogP) is 1.40. The van der Waals surface area contributed by atoms with Crippen molar-refractivity contribution in [1.29, 1.82) is 0 Å². The molecule has 0 atom stereocenters. The lowest BCUT2D eigenvalue weighted by molar-refractivity contribution is -0.117. The molecule has 0 saturated heterocycles. The molecule has 1 N–H and O–H groups in total. The van der Waals surface area contributed by atoms with Crippen LogP contribution in [0.15, 0.2) is 47.5 Å². The number of rotatable bonds is 3. The van der Waals surface area contributed by atoms with Gasteiger partial charge in [0, 0.05) is 18.9 Å². The number of carbonyl (C=O) groups is 1. The Morgan fingerprint density at radius 3 is 2.76 bits per heavy atom. The third-order valence-corrected chi connectivity index (χ3v) is 4.69. The van der Waals surface area contributed by atoms with Crippen LogP contribution in [0.2, 0.25) is 0 Å². The lowest BCUT2D eigenvalue weighted by Gasteiger charge is -2.11. The predicted molar refractivity (Wildman–Crippen MR) is 78.6 cm³/mol. The summed E-state index contributed by atoms with van der Waals surface area (Å²) in [6.07, 6.45) is 1.73. The summed E-state index contributed by atoms with van der Waals surface area (Å²) in [4.78, 5) is 17.2.